The molecule has 3 aromatic carbocycles. The van der Waals surface area contributed by atoms with Crippen molar-refractivity contribution < 1.29 is 23.5 Å². The number of carbonyl (C=O) groups excluding carboxylic acids is 2. The van der Waals surface area contributed by atoms with Gasteiger partial charge in [-0.2, -0.15) is 0 Å². The second-order valence-electron chi connectivity index (χ2n) is 8.71. The highest BCUT2D eigenvalue weighted by Crippen LogP contribution is 2.38. The first-order chi connectivity index (χ1) is 17.8. The van der Waals surface area contributed by atoms with Gasteiger partial charge in [-0.25, -0.2) is 0 Å². The number of hydrogen-bond acceptors (Lipinski definition) is 5. The number of fused-ring (bicyclic) bond motifs is 1. The van der Waals surface area contributed by atoms with Gasteiger partial charge in [0.25, 0.3) is 0 Å². The monoisotopic (exact) mass is 498 g/mol. The minimum absolute atomic E-state index is 0.207. The molecule has 4 aromatic rings. The number of aryl methyl sites for hydroxylation is 1. The highest BCUT2D eigenvalue weighted by molar-refractivity contribution is 6.06. The summed E-state index contributed by atoms with van der Waals surface area (Å²) in [7, 11) is 1.52. The first-order valence-corrected chi connectivity index (χ1v) is 12.0. The maximum Gasteiger partial charge on any atom is 0.248 e. The van der Waals surface area contributed by atoms with Crippen LogP contribution in [0.5, 0.6) is 11.5 Å². The van der Waals surface area contributed by atoms with Gasteiger partial charge in [0.2, 0.25) is 11.8 Å². The van der Waals surface area contributed by atoms with Crippen molar-refractivity contribution in [3.05, 3.63) is 78.1 Å². The van der Waals surface area contributed by atoms with Crippen molar-refractivity contribution in [3.63, 3.8) is 0 Å². The lowest BCUT2D eigenvalue weighted by Crippen LogP contribution is -2.11. The summed E-state index contributed by atoms with van der Waals surface area (Å²) >= 11 is 0. The van der Waals surface area contributed by atoms with E-state index < -0.39 is 0 Å². The Morgan fingerprint density at radius 2 is 1.73 bits per heavy atom. The minimum atomic E-state index is -0.343. The van der Waals surface area contributed by atoms with Gasteiger partial charge in [-0.05, 0) is 56.2 Å². The van der Waals surface area contributed by atoms with Gasteiger partial charge >= 0.3 is 0 Å². The largest absolute Gasteiger partial charge is 0.495 e. The molecule has 190 valence electrons. The van der Waals surface area contributed by atoms with E-state index in [-0.39, 0.29) is 11.8 Å². The Bertz CT molecular complexity index is 1480. The molecule has 7 nitrogen and oxygen atoms in total. The van der Waals surface area contributed by atoms with E-state index in [1.165, 1.54) is 25.7 Å². The Kier molecular flexibility index (Phi) is 7.63. The summed E-state index contributed by atoms with van der Waals surface area (Å²) in [5.74, 6) is 0.559. The molecule has 4 rings (SSSR count). The number of anilines is 2. The zero-order chi connectivity index (χ0) is 26.5. The second-order valence-corrected chi connectivity index (χ2v) is 8.71. The van der Waals surface area contributed by atoms with Crippen molar-refractivity contribution in [1.82, 2.24) is 0 Å². The maximum absolute atomic E-state index is 13.0. The first kappa shape index (κ1) is 25.6. The molecule has 0 radical (unpaired) electrons. The van der Waals surface area contributed by atoms with Gasteiger partial charge in [0.1, 0.15) is 17.1 Å². The molecule has 37 heavy (non-hydrogen) atoms. The standard InChI is InChI=1S/C30H30N2O5/c1-6-36-28-16-29-24(25(17-37-29)21-9-7-18(2)8-10-21)15-23(28)19(3)13-30(34)32-26-14-22(31-20(4)33)11-12-27(26)35-5/h7-17H,6H2,1-5H3,(H,31,33)(H,32,34)/b19-13+. The number of methoxy groups -OCH3 is 1. The summed E-state index contributed by atoms with van der Waals surface area (Å²) in [6.45, 7) is 7.71. The molecule has 7 heteroatoms. The van der Waals surface area contributed by atoms with Crippen molar-refractivity contribution >= 4 is 39.7 Å². The van der Waals surface area contributed by atoms with E-state index in [0.29, 0.717) is 35.1 Å². The Labute approximate surface area is 216 Å². The zero-order valence-corrected chi connectivity index (χ0v) is 21.6. The topological polar surface area (TPSA) is 89.8 Å². The number of rotatable bonds is 8. The van der Waals surface area contributed by atoms with Crippen LogP contribution in [0.1, 0.15) is 31.9 Å². The lowest BCUT2D eigenvalue weighted by atomic mass is 9.98. The third kappa shape index (κ3) is 5.83. The lowest BCUT2D eigenvalue weighted by Gasteiger charge is -2.13. The van der Waals surface area contributed by atoms with Gasteiger partial charge in [0.05, 0.1) is 25.7 Å². The second kappa shape index (κ2) is 11.0. The van der Waals surface area contributed by atoms with Crippen LogP contribution < -0.4 is 20.1 Å². The number of furan rings is 1. The summed E-state index contributed by atoms with van der Waals surface area (Å²) in [6.07, 6.45) is 3.26. The van der Waals surface area contributed by atoms with E-state index in [0.717, 1.165) is 27.6 Å². The number of nitrogens with one attached hydrogen (secondary N) is 2. The zero-order valence-electron chi connectivity index (χ0n) is 21.6. The van der Waals surface area contributed by atoms with Gasteiger partial charge in [-0.1, -0.05) is 29.8 Å². The van der Waals surface area contributed by atoms with E-state index in [9.17, 15) is 9.59 Å². The van der Waals surface area contributed by atoms with Crippen LogP contribution in [-0.4, -0.2) is 25.5 Å². The highest BCUT2D eigenvalue weighted by atomic mass is 16.5. The summed E-state index contributed by atoms with van der Waals surface area (Å²) in [4.78, 5) is 24.4. The van der Waals surface area contributed by atoms with Gasteiger partial charge in [-0.15, -0.1) is 0 Å². The van der Waals surface area contributed by atoms with Crippen LogP contribution in [0.4, 0.5) is 11.4 Å². The van der Waals surface area contributed by atoms with Crippen LogP contribution in [0.15, 0.2) is 71.4 Å². The highest BCUT2D eigenvalue weighted by Gasteiger charge is 2.16. The molecule has 0 atom stereocenters. The quantitative estimate of drug-likeness (QED) is 0.260. The summed E-state index contributed by atoms with van der Waals surface area (Å²) in [5, 5.41) is 6.49. The SMILES string of the molecule is CCOc1cc2occ(-c3ccc(C)cc3)c2cc1/C(C)=C/C(=O)Nc1cc(NC(C)=O)ccc1OC. The first-order valence-electron chi connectivity index (χ1n) is 12.0. The molecule has 1 heterocycles. The molecular formula is C30H30N2O5. The number of benzene rings is 3. The molecule has 0 aliphatic carbocycles. The summed E-state index contributed by atoms with van der Waals surface area (Å²) in [5.41, 5.74) is 6.41. The molecule has 2 N–H and O–H groups in total. The van der Waals surface area contributed by atoms with Gasteiger partial charge in [0.15, 0.2) is 0 Å². The maximum atomic E-state index is 13.0. The van der Waals surface area contributed by atoms with E-state index in [2.05, 4.69) is 41.8 Å². The average molecular weight is 499 g/mol. The number of ether oxygens (including phenoxy) is 2. The Hall–Kier alpha value is -4.52. The van der Waals surface area contributed by atoms with Crippen molar-refractivity contribution in [3.8, 4) is 22.6 Å². The summed E-state index contributed by atoms with van der Waals surface area (Å²) < 4.78 is 17.1. The van der Waals surface area contributed by atoms with Crippen LogP contribution in [0, 0.1) is 6.92 Å². The fraction of sp³-hybridized carbons (Fsp3) is 0.200. The Balaban J connectivity index is 1.69. The minimum Gasteiger partial charge on any atom is -0.495 e. The predicted octanol–water partition coefficient (Wildman–Crippen LogP) is 6.82. The Morgan fingerprint density at radius 3 is 2.41 bits per heavy atom. The lowest BCUT2D eigenvalue weighted by molar-refractivity contribution is -0.114. The third-order valence-corrected chi connectivity index (χ3v) is 5.89. The van der Waals surface area contributed by atoms with E-state index >= 15 is 0 Å². The number of hydrogen-bond donors (Lipinski definition) is 2. The van der Waals surface area contributed by atoms with E-state index in [4.69, 9.17) is 13.9 Å². The molecule has 0 spiro atoms. The number of carbonyl (C=O) groups is 2. The van der Waals surface area contributed by atoms with Crippen molar-refractivity contribution in [2.45, 2.75) is 27.7 Å². The smallest absolute Gasteiger partial charge is 0.248 e. The van der Waals surface area contributed by atoms with Crippen molar-refractivity contribution in [2.75, 3.05) is 24.4 Å². The van der Waals surface area contributed by atoms with Crippen LogP contribution in [0.25, 0.3) is 27.7 Å². The van der Waals surface area contributed by atoms with Crippen LogP contribution in [0.3, 0.4) is 0 Å². The predicted molar refractivity (Wildman–Crippen MR) is 147 cm³/mol. The molecule has 0 aliphatic rings. The number of allylic oxidation sites excluding steroid dienone is 1. The molecule has 0 fully saturated rings. The average Bonchev–Trinajstić information content (AvgIpc) is 3.27. The molecule has 0 saturated heterocycles. The van der Waals surface area contributed by atoms with Gasteiger partial charge < -0.3 is 24.5 Å². The molecule has 0 unspecified atom stereocenters. The van der Waals surface area contributed by atoms with Crippen LogP contribution >= 0.6 is 0 Å². The van der Waals surface area contributed by atoms with Crippen LogP contribution in [-0.2, 0) is 9.59 Å². The van der Waals surface area contributed by atoms with Crippen molar-refractivity contribution in [2.24, 2.45) is 0 Å². The van der Waals surface area contributed by atoms with Crippen molar-refractivity contribution in [1.29, 1.82) is 0 Å². The number of amides is 2. The normalized spacial score (nSPS) is 11.3. The third-order valence-electron chi connectivity index (χ3n) is 5.89. The van der Waals surface area contributed by atoms with Gasteiger partial charge in [-0.3, -0.25) is 9.59 Å². The fourth-order valence-corrected chi connectivity index (χ4v) is 4.12. The fourth-order valence-electron chi connectivity index (χ4n) is 4.12. The Morgan fingerprint density at radius 1 is 0.973 bits per heavy atom. The van der Waals surface area contributed by atoms with Gasteiger partial charge in [0, 0.05) is 41.3 Å². The molecular weight excluding hydrogens is 468 g/mol. The van der Waals surface area contributed by atoms with Crippen LogP contribution in [0.2, 0.25) is 0 Å². The molecule has 0 aliphatic heterocycles. The molecule has 0 saturated carbocycles. The van der Waals surface area contributed by atoms with E-state index in [1.54, 1.807) is 24.5 Å². The molecule has 2 amide bonds. The van der Waals surface area contributed by atoms with E-state index in [1.807, 2.05) is 26.0 Å². The molecule has 1 aromatic heterocycles. The molecule has 0 bridgehead atoms. The summed E-state index contributed by atoms with van der Waals surface area (Å²) in [6, 6.07) is 17.2.